The summed E-state index contributed by atoms with van der Waals surface area (Å²) >= 11 is 5.91. The zero-order chi connectivity index (χ0) is 19.7. The average molecular weight is 429 g/mol. The fourth-order valence-electron chi connectivity index (χ4n) is 2.98. The molecule has 0 aromatic heterocycles. The van der Waals surface area contributed by atoms with Gasteiger partial charge in [-0.15, -0.1) is 0 Å². The lowest BCUT2D eigenvalue weighted by Gasteiger charge is -2.33. The molecule has 1 aliphatic heterocycles. The molecule has 9 heteroatoms. The minimum absolute atomic E-state index is 0.130. The van der Waals surface area contributed by atoms with Crippen LogP contribution < -0.4 is 0 Å². The normalized spacial score (nSPS) is 17.1. The second kappa shape index (κ2) is 7.89. The summed E-state index contributed by atoms with van der Waals surface area (Å²) < 4.78 is 53.4. The molecule has 0 unspecified atom stereocenters. The van der Waals surface area contributed by atoms with E-state index in [0.29, 0.717) is 10.6 Å². The van der Waals surface area contributed by atoms with Crippen LogP contribution in [0.5, 0.6) is 0 Å². The van der Waals surface area contributed by atoms with Gasteiger partial charge in [0, 0.05) is 31.2 Å². The number of sulfonamides is 2. The topological polar surface area (TPSA) is 74.8 Å². The lowest BCUT2D eigenvalue weighted by molar-refractivity contribution is 0.272. The molecule has 1 heterocycles. The zero-order valence-corrected chi connectivity index (χ0v) is 17.3. The van der Waals surface area contributed by atoms with Crippen LogP contribution in [0.1, 0.15) is 11.1 Å². The van der Waals surface area contributed by atoms with Crippen molar-refractivity contribution in [2.75, 3.05) is 26.2 Å². The molecule has 0 radical (unpaired) electrons. The highest BCUT2D eigenvalue weighted by molar-refractivity contribution is 7.89. The monoisotopic (exact) mass is 428 g/mol. The van der Waals surface area contributed by atoms with E-state index in [2.05, 4.69) is 0 Å². The number of hydrogen-bond acceptors (Lipinski definition) is 4. The van der Waals surface area contributed by atoms with E-state index in [0.717, 1.165) is 5.56 Å². The molecule has 0 amide bonds. The van der Waals surface area contributed by atoms with Crippen LogP contribution in [-0.2, 0) is 25.8 Å². The van der Waals surface area contributed by atoms with Gasteiger partial charge in [-0.1, -0.05) is 41.4 Å². The zero-order valence-electron chi connectivity index (χ0n) is 14.9. The molecule has 0 N–H and O–H groups in total. The van der Waals surface area contributed by atoms with Crippen LogP contribution in [-0.4, -0.2) is 51.6 Å². The van der Waals surface area contributed by atoms with E-state index in [4.69, 9.17) is 11.6 Å². The van der Waals surface area contributed by atoms with Gasteiger partial charge in [-0.05, 0) is 36.8 Å². The molecule has 0 spiro atoms. The minimum atomic E-state index is -3.62. The lowest BCUT2D eigenvalue weighted by Crippen LogP contribution is -2.50. The highest BCUT2D eigenvalue weighted by Crippen LogP contribution is 2.21. The molecule has 2 aromatic carbocycles. The van der Waals surface area contributed by atoms with Crippen molar-refractivity contribution in [1.29, 1.82) is 0 Å². The summed E-state index contributed by atoms with van der Waals surface area (Å²) in [6.45, 7) is 2.41. The van der Waals surface area contributed by atoms with Crippen molar-refractivity contribution < 1.29 is 16.8 Å². The summed E-state index contributed by atoms with van der Waals surface area (Å²) in [5.41, 5.74) is 1.59. The first kappa shape index (κ1) is 20.3. The van der Waals surface area contributed by atoms with E-state index >= 15 is 0 Å². The van der Waals surface area contributed by atoms with Crippen molar-refractivity contribution in [1.82, 2.24) is 8.61 Å². The Morgan fingerprint density at radius 3 is 2.07 bits per heavy atom. The van der Waals surface area contributed by atoms with E-state index < -0.39 is 20.0 Å². The van der Waals surface area contributed by atoms with Crippen LogP contribution in [0.15, 0.2) is 53.4 Å². The second-order valence-corrected chi connectivity index (χ2v) is 10.8. The van der Waals surface area contributed by atoms with Gasteiger partial charge in [0.05, 0.1) is 10.6 Å². The Kier molecular flexibility index (Phi) is 5.93. The van der Waals surface area contributed by atoms with Gasteiger partial charge in [0.1, 0.15) is 0 Å². The maximum absolute atomic E-state index is 12.7. The number of benzene rings is 2. The van der Waals surface area contributed by atoms with Crippen molar-refractivity contribution in [3.63, 3.8) is 0 Å². The molecule has 1 fully saturated rings. The van der Waals surface area contributed by atoms with Gasteiger partial charge in [-0.3, -0.25) is 0 Å². The third kappa shape index (κ3) is 4.70. The number of halogens is 1. The predicted molar refractivity (Wildman–Crippen MR) is 106 cm³/mol. The molecule has 1 aliphatic rings. The quantitative estimate of drug-likeness (QED) is 0.733. The maximum atomic E-state index is 12.7. The van der Waals surface area contributed by atoms with E-state index in [-0.39, 0.29) is 36.8 Å². The summed E-state index contributed by atoms with van der Waals surface area (Å²) in [5, 5.41) is 0.483. The number of aryl methyl sites for hydroxylation is 1. The molecule has 27 heavy (non-hydrogen) atoms. The number of piperazine rings is 1. The van der Waals surface area contributed by atoms with Crippen LogP contribution in [0, 0.1) is 6.92 Å². The Balaban J connectivity index is 1.68. The Labute approximate surface area is 165 Å². The van der Waals surface area contributed by atoms with Crippen LogP contribution >= 0.6 is 11.6 Å². The van der Waals surface area contributed by atoms with Crippen molar-refractivity contribution in [3.05, 3.63) is 64.7 Å². The van der Waals surface area contributed by atoms with E-state index in [1.165, 1.54) is 8.61 Å². The number of nitrogens with zero attached hydrogens (tertiary/aromatic N) is 2. The van der Waals surface area contributed by atoms with Gasteiger partial charge in [0.25, 0.3) is 0 Å². The molecule has 2 aromatic rings. The molecule has 6 nitrogen and oxygen atoms in total. The Hall–Kier alpha value is -1.45. The maximum Gasteiger partial charge on any atom is 0.243 e. The molecule has 1 saturated heterocycles. The minimum Gasteiger partial charge on any atom is -0.212 e. The number of rotatable bonds is 5. The molecule has 146 valence electrons. The van der Waals surface area contributed by atoms with Crippen LogP contribution in [0.4, 0.5) is 0 Å². The molecule has 0 bridgehead atoms. The lowest BCUT2D eigenvalue weighted by atomic mass is 10.2. The summed E-state index contributed by atoms with van der Waals surface area (Å²) in [6, 6.07) is 13.4. The van der Waals surface area contributed by atoms with Crippen LogP contribution in [0.25, 0.3) is 0 Å². The first-order chi connectivity index (χ1) is 12.7. The molecule has 0 atom stereocenters. The van der Waals surface area contributed by atoms with E-state index in [9.17, 15) is 16.8 Å². The predicted octanol–water partition coefficient (Wildman–Crippen LogP) is 2.48. The molecule has 0 aliphatic carbocycles. The van der Waals surface area contributed by atoms with E-state index in [1.54, 1.807) is 48.5 Å². The second-order valence-electron chi connectivity index (χ2n) is 6.50. The molecular weight excluding hydrogens is 408 g/mol. The first-order valence-corrected chi connectivity index (χ1v) is 11.9. The number of hydrogen-bond donors (Lipinski definition) is 0. The summed E-state index contributed by atoms with van der Waals surface area (Å²) in [7, 11) is -7.16. The van der Waals surface area contributed by atoms with Gasteiger partial charge >= 0.3 is 0 Å². The van der Waals surface area contributed by atoms with Crippen molar-refractivity contribution >= 4 is 31.6 Å². The van der Waals surface area contributed by atoms with Gasteiger partial charge in [-0.2, -0.15) is 8.61 Å². The van der Waals surface area contributed by atoms with Gasteiger partial charge in [-0.25, -0.2) is 16.8 Å². The summed E-state index contributed by atoms with van der Waals surface area (Å²) in [4.78, 5) is 0.225. The SMILES string of the molecule is Cc1ccc(S(=O)(=O)N2CCN(S(=O)(=O)Cc3cccc(Cl)c3)CC2)cc1. The fraction of sp³-hybridized carbons (Fsp3) is 0.333. The molecule has 0 saturated carbocycles. The van der Waals surface area contributed by atoms with Gasteiger partial charge in [0.2, 0.25) is 20.0 Å². The molecular formula is C18H21ClN2O4S2. The summed E-state index contributed by atoms with van der Waals surface area (Å²) in [6.07, 6.45) is 0. The third-order valence-electron chi connectivity index (χ3n) is 4.49. The standard InChI is InChI=1S/C18H21ClN2O4S2/c1-15-5-7-18(8-6-15)27(24,25)21-11-9-20(10-12-21)26(22,23)14-16-3-2-4-17(19)13-16/h2-8,13H,9-12,14H2,1H3. The van der Waals surface area contributed by atoms with Crippen LogP contribution in [0.2, 0.25) is 5.02 Å². The summed E-state index contributed by atoms with van der Waals surface area (Å²) in [5.74, 6) is -0.154. The van der Waals surface area contributed by atoms with Gasteiger partial charge in [0.15, 0.2) is 0 Å². The highest BCUT2D eigenvalue weighted by atomic mass is 35.5. The Morgan fingerprint density at radius 1 is 0.889 bits per heavy atom. The average Bonchev–Trinajstić information content (AvgIpc) is 2.62. The third-order valence-corrected chi connectivity index (χ3v) is 8.49. The Bertz CT molecular complexity index is 1010. The fourth-order valence-corrected chi connectivity index (χ4v) is 6.11. The Morgan fingerprint density at radius 2 is 1.48 bits per heavy atom. The smallest absolute Gasteiger partial charge is 0.212 e. The molecule has 3 rings (SSSR count). The first-order valence-electron chi connectivity index (χ1n) is 8.47. The van der Waals surface area contributed by atoms with Crippen molar-refractivity contribution in [2.45, 2.75) is 17.6 Å². The highest BCUT2D eigenvalue weighted by Gasteiger charge is 2.32. The van der Waals surface area contributed by atoms with Gasteiger partial charge < -0.3 is 0 Å². The van der Waals surface area contributed by atoms with E-state index in [1.807, 2.05) is 6.92 Å². The van der Waals surface area contributed by atoms with Crippen molar-refractivity contribution in [3.8, 4) is 0 Å². The largest absolute Gasteiger partial charge is 0.243 e. The van der Waals surface area contributed by atoms with Crippen molar-refractivity contribution in [2.24, 2.45) is 0 Å². The van der Waals surface area contributed by atoms with Crippen LogP contribution in [0.3, 0.4) is 0 Å².